The number of anilines is 1. The molecule has 5 heteroatoms. The lowest BCUT2D eigenvalue weighted by molar-refractivity contribution is -0.137. The SMILES string of the molecule is O=C1C(c2ccc(F)cc2)=C(N2CCCc3ccccc32)C(=O)N1Cc1ccccc1. The summed E-state index contributed by atoms with van der Waals surface area (Å²) in [5.41, 5.74) is 4.24. The fourth-order valence-corrected chi connectivity index (χ4v) is 4.37. The van der Waals surface area contributed by atoms with Crippen LogP contribution in [0.1, 0.15) is 23.1 Å². The van der Waals surface area contributed by atoms with Crippen LogP contribution in [0, 0.1) is 5.82 Å². The molecule has 0 aromatic heterocycles. The second-order valence-electron chi connectivity index (χ2n) is 7.80. The first kappa shape index (κ1) is 19.2. The van der Waals surface area contributed by atoms with Gasteiger partial charge in [0.15, 0.2) is 0 Å². The topological polar surface area (TPSA) is 40.6 Å². The highest BCUT2D eigenvalue weighted by Crippen LogP contribution is 2.38. The van der Waals surface area contributed by atoms with Crippen LogP contribution in [-0.2, 0) is 22.6 Å². The summed E-state index contributed by atoms with van der Waals surface area (Å²) in [5.74, 6) is -1.05. The number of para-hydroxylation sites is 1. The Kier molecular flexibility index (Phi) is 4.86. The summed E-state index contributed by atoms with van der Waals surface area (Å²) >= 11 is 0. The van der Waals surface area contributed by atoms with E-state index in [0.717, 1.165) is 29.7 Å². The number of amides is 2. The summed E-state index contributed by atoms with van der Waals surface area (Å²) in [6.07, 6.45) is 1.82. The predicted molar refractivity (Wildman–Crippen MR) is 117 cm³/mol. The first-order valence-corrected chi connectivity index (χ1v) is 10.4. The molecule has 31 heavy (non-hydrogen) atoms. The Labute approximate surface area is 180 Å². The number of imide groups is 1. The van der Waals surface area contributed by atoms with Crippen LogP contribution < -0.4 is 4.90 Å². The van der Waals surface area contributed by atoms with Gasteiger partial charge in [-0.05, 0) is 47.7 Å². The zero-order valence-electron chi connectivity index (χ0n) is 16.9. The third-order valence-corrected chi connectivity index (χ3v) is 5.84. The van der Waals surface area contributed by atoms with Gasteiger partial charge in [0.2, 0.25) is 0 Å². The number of hydrogen-bond acceptors (Lipinski definition) is 3. The monoisotopic (exact) mass is 412 g/mol. The van der Waals surface area contributed by atoms with Crippen molar-refractivity contribution in [2.24, 2.45) is 0 Å². The van der Waals surface area contributed by atoms with E-state index >= 15 is 0 Å². The lowest BCUT2D eigenvalue weighted by Crippen LogP contribution is -2.36. The normalized spacial score (nSPS) is 16.2. The van der Waals surface area contributed by atoms with E-state index < -0.39 is 0 Å². The number of nitrogens with zero attached hydrogens (tertiary/aromatic N) is 2. The lowest BCUT2D eigenvalue weighted by Gasteiger charge is -2.32. The van der Waals surface area contributed by atoms with E-state index in [-0.39, 0.29) is 24.2 Å². The number of rotatable bonds is 4. The largest absolute Gasteiger partial charge is 0.336 e. The summed E-state index contributed by atoms with van der Waals surface area (Å²) in [5, 5.41) is 0. The second kappa shape index (κ2) is 7.84. The first-order chi connectivity index (χ1) is 15.1. The minimum Gasteiger partial charge on any atom is -0.336 e. The van der Waals surface area contributed by atoms with E-state index in [1.54, 1.807) is 12.1 Å². The van der Waals surface area contributed by atoms with Gasteiger partial charge >= 0.3 is 0 Å². The Bertz CT molecular complexity index is 1190. The van der Waals surface area contributed by atoms with Gasteiger partial charge in [-0.25, -0.2) is 4.39 Å². The maximum Gasteiger partial charge on any atom is 0.278 e. The molecule has 0 bridgehead atoms. The van der Waals surface area contributed by atoms with Gasteiger partial charge in [0.05, 0.1) is 12.1 Å². The van der Waals surface area contributed by atoms with Crippen molar-refractivity contribution in [2.45, 2.75) is 19.4 Å². The Balaban J connectivity index is 1.63. The molecule has 2 aliphatic rings. The van der Waals surface area contributed by atoms with Crippen molar-refractivity contribution in [2.75, 3.05) is 11.4 Å². The van der Waals surface area contributed by atoms with Crippen LogP contribution >= 0.6 is 0 Å². The summed E-state index contributed by atoms with van der Waals surface area (Å²) < 4.78 is 13.6. The van der Waals surface area contributed by atoms with Gasteiger partial charge in [0.25, 0.3) is 11.8 Å². The molecule has 2 heterocycles. The van der Waals surface area contributed by atoms with Crippen molar-refractivity contribution in [3.8, 4) is 0 Å². The molecule has 154 valence electrons. The molecule has 0 aliphatic carbocycles. The van der Waals surface area contributed by atoms with Crippen molar-refractivity contribution in [1.29, 1.82) is 0 Å². The molecule has 0 unspecified atom stereocenters. The number of fused-ring (bicyclic) bond motifs is 1. The third-order valence-electron chi connectivity index (χ3n) is 5.84. The van der Waals surface area contributed by atoms with Crippen molar-refractivity contribution < 1.29 is 14.0 Å². The molecule has 0 radical (unpaired) electrons. The first-order valence-electron chi connectivity index (χ1n) is 10.4. The highest BCUT2D eigenvalue weighted by molar-refractivity contribution is 6.36. The Hall–Kier alpha value is -3.73. The quantitative estimate of drug-likeness (QED) is 0.590. The number of carbonyl (C=O) groups is 2. The van der Waals surface area contributed by atoms with E-state index in [9.17, 15) is 14.0 Å². The van der Waals surface area contributed by atoms with Gasteiger partial charge in [-0.1, -0.05) is 60.7 Å². The van der Waals surface area contributed by atoms with Crippen LogP contribution in [0.5, 0.6) is 0 Å². The van der Waals surface area contributed by atoms with Gasteiger partial charge in [-0.2, -0.15) is 0 Å². The van der Waals surface area contributed by atoms with E-state index in [2.05, 4.69) is 6.07 Å². The zero-order chi connectivity index (χ0) is 21.4. The van der Waals surface area contributed by atoms with E-state index in [4.69, 9.17) is 0 Å². The van der Waals surface area contributed by atoms with Crippen LogP contribution in [0.15, 0.2) is 84.6 Å². The van der Waals surface area contributed by atoms with Crippen molar-refractivity contribution >= 4 is 23.1 Å². The van der Waals surface area contributed by atoms with Crippen molar-refractivity contribution in [3.63, 3.8) is 0 Å². The van der Waals surface area contributed by atoms with Crippen LogP contribution in [0.3, 0.4) is 0 Å². The fraction of sp³-hybridized carbons (Fsp3) is 0.154. The number of hydrogen-bond donors (Lipinski definition) is 0. The molecule has 3 aromatic rings. The van der Waals surface area contributed by atoms with Gasteiger partial charge in [0, 0.05) is 12.2 Å². The highest BCUT2D eigenvalue weighted by atomic mass is 19.1. The molecule has 0 atom stereocenters. The van der Waals surface area contributed by atoms with Gasteiger partial charge in [-0.15, -0.1) is 0 Å². The molecule has 0 fully saturated rings. The standard InChI is InChI=1S/C26H21FN2O2/c27-21-14-12-20(13-15-21)23-24(28-16-6-10-19-9-4-5-11-22(19)28)26(31)29(25(23)30)17-18-7-2-1-3-8-18/h1-5,7-9,11-15H,6,10,16-17H2. The zero-order valence-corrected chi connectivity index (χ0v) is 16.9. The molecular weight excluding hydrogens is 391 g/mol. The Morgan fingerprint density at radius 1 is 0.806 bits per heavy atom. The van der Waals surface area contributed by atoms with E-state index in [0.29, 0.717) is 23.4 Å². The number of halogens is 1. The average molecular weight is 412 g/mol. The summed E-state index contributed by atoms with van der Waals surface area (Å²) in [6.45, 7) is 0.845. The summed E-state index contributed by atoms with van der Waals surface area (Å²) in [4.78, 5) is 30.4. The number of carbonyl (C=O) groups excluding carboxylic acids is 2. The second-order valence-corrected chi connectivity index (χ2v) is 7.80. The minimum absolute atomic E-state index is 0.197. The molecule has 5 rings (SSSR count). The summed E-state index contributed by atoms with van der Waals surface area (Å²) in [6, 6.07) is 23.2. The van der Waals surface area contributed by atoms with Gasteiger partial charge in [-0.3, -0.25) is 14.5 Å². The molecule has 4 nitrogen and oxygen atoms in total. The average Bonchev–Trinajstić information content (AvgIpc) is 3.04. The smallest absolute Gasteiger partial charge is 0.278 e. The highest BCUT2D eigenvalue weighted by Gasteiger charge is 2.42. The molecule has 2 amide bonds. The van der Waals surface area contributed by atoms with Crippen LogP contribution in [-0.4, -0.2) is 23.3 Å². The van der Waals surface area contributed by atoms with Crippen molar-refractivity contribution in [3.05, 3.63) is 107 Å². The number of aryl methyl sites for hydroxylation is 1. The Morgan fingerprint density at radius 2 is 1.52 bits per heavy atom. The minimum atomic E-state index is -0.382. The predicted octanol–water partition coefficient (Wildman–Crippen LogP) is 4.56. The summed E-state index contributed by atoms with van der Waals surface area (Å²) in [7, 11) is 0. The molecule has 0 N–H and O–H groups in total. The maximum atomic E-state index is 13.6. The fourth-order valence-electron chi connectivity index (χ4n) is 4.37. The third kappa shape index (κ3) is 3.42. The molecule has 3 aromatic carbocycles. The maximum absolute atomic E-state index is 13.6. The lowest BCUT2D eigenvalue weighted by atomic mass is 9.98. The van der Waals surface area contributed by atoms with E-state index in [1.165, 1.54) is 17.0 Å². The number of benzene rings is 3. The molecule has 2 aliphatic heterocycles. The van der Waals surface area contributed by atoms with E-state index in [1.807, 2.05) is 53.4 Å². The Morgan fingerprint density at radius 3 is 2.29 bits per heavy atom. The van der Waals surface area contributed by atoms with Crippen LogP contribution in [0.2, 0.25) is 0 Å². The van der Waals surface area contributed by atoms with Gasteiger partial charge in [0.1, 0.15) is 11.5 Å². The molecule has 0 saturated carbocycles. The van der Waals surface area contributed by atoms with Crippen molar-refractivity contribution in [1.82, 2.24) is 4.90 Å². The molecule has 0 spiro atoms. The van der Waals surface area contributed by atoms with Gasteiger partial charge < -0.3 is 4.90 Å². The van der Waals surface area contributed by atoms with Crippen LogP contribution in [0.4, 0.5) is 10.1 Å². The van der Waals surface area contributed by atoms with Crippen LogP contribution in [0.25, 0.3) is 5.57 Å². The molecule has 0 saturated heterocycles. The molecular formula is C26H21FN2O2.